The molecule has 2 aromatic carbocycles. The number of aromatic hydroxyl groups is 1. The molecule has 19 heavy (non-hydrogen) atoms. The van der Waals surface area contributed by atoms with Crippen molar-refractivity contribution in [1.82, 2.24) is 0 Å². The van der Waals surface area contributed by atoms with Gasteiger partial charge in [-0.05, 0) is 42.3 Å². The largest absolute Gasteiger partial charge is 0.507 e. The molecule has 0 radical (unpaired) electrons. The van der Waals surface area contributed by atoms with Crippen LogP contribution in [0.2, 0.25) is 5.02 Å². The van der Waals surface area contributed by atoms with Gasteiger partial charge in [-0.3, -0.25) is 4.79 Å². The van der Waals surface area contributed by atoms with Crippen LogP contribution in [0.15, 0.2) is 42.5 Å². The minimum absolute atomic E-state index is 0.128. The number of benzene rings is 2. The van der Waals surface area contributed by atoms with Crippen molar-refractivity contribution in [3.63, 3.8) is 0 Å². The molecule has 0 saturated carbocycles. The summed E-state index contributed by atoms with van der Waals surface area (Å²) in [6, 6.07) is 12.0. The van der Waals surface area contributed by atoms with E-state index in [2.05, 4.69) is 5.32 Å². The van der Waals surface area contributed by atoms with Crippen LogP contribution in [0.3, 0.4) is 0 Å². The fourth-order valence-electron chi connectivity index (χ4n) is 1.76. The molecule has 0 bridgehead atoms. The second-order valence-corrected chi connectivity index (χ2v) is 4.61. The van der Waals surface area contributed by atoms with Gasteiger partial charge in [-0.2, -0.15) is 0 Å². The molecule has 0 aromatic heterocycles. The first-order valence-corrected chi connectivity index (χ1v) is 6.36. The van der Waals surface area contributed by atoms with Crippen LogP contribution in [-0.2, 0) is 6.42 Å². The van der Waals surface area contributed by atoms with Gasteiger partial charge in [-0.15, -0.1) is 0 Å². The number of rotatable bonds is 3. The average Bonchev–Trinajstić information content (AvgIpc) is 2.38. The van der Waals surface area contributed by atoms with Crippen molar-refractivity contribution >= 4 is 23.2 Å². The predicted octanol–water partition coefficient (Wildman–Crippen LogP) is 3.86. The van der Waals surface area contributed by atoms with E-state index >= 15 is 0 Å². The highest BCUT2D eigenvalue weighted by molar-refractivity contribution is 6.30. The zero-order valence-corrected chi connectivity index (χ0v) is 11.2. The maximum atomic E-state index is 12.0. The van der Waals surface area contributed by atoms with Gasteiger partial charge in [0, 0.05) is 10.7 Å². The number of nitrogens with one attached hydrogen (secondary N) is 1. The smallest absolute Gasteiger partial charge is 0.259 e. The summed E-state index contributed by atoms with van der Waals surface area (Å²) in [5, 5.41) is 12.8. The number of amides is 1. The molecule has 0 atom stereocenters. The number of aryl methyl sites for hydroxylation is 1. The summed E-state index contributed by atoms with van der Waals surface area (Å²) in [4.78, 5) is 12.0. The van der Waals surface area contributed by atoms with Crippen molar-refractivity contribution in [3.8, 4) is 5.75 Å². The first-order chi connectivity index (χ1) is 9.10. The lowest BCUT2D eigenvalue weighted by Crippen LogP contribution is -2.12. The van der Waals surface area contributed by atoms with Gasteiger partial charge in [0.15, 0.2) is 0 Å². The van der Waals surface area contributed by atoms with E-state index in [0.29, 0.717) is 10.7 Å². The molecule has 3 nitrogen and oxygen atoms in total. The van der Waals surface area contributed by atoms with Gasteiger partial charge in [-0.1, -0.05) is 30.7 Å². The van der Waals surface area contributed by atoms with Crippen LogP contribution >= 0.6 is 11.6 Å². The summed E-state index contributed by atoms with van der Waals surface area (Å²) in [5.41, 5.74) is 2.04. The highest BCUT2D eigenvalue weighted by Gasteiger charge is 2.11. The van der Waals surface area contributed by atoms with Gasteiger partial charge < -0.3 is 10.4 Å². The van der Waals surface area contributed by atoms with Crippen LogP contribution in [0.5, 0.6) is 5.75 Å². The minimum atomic E-state index is -0.359. The monoisotopic (exact) mass is 275 g/mol. The van der Waals surface area contributed by atoms with Crippen LogP contribution in [0.4, 0.5) is 5.69 Å². The molecule has 0 unspecified atom stereocenters. The molecular weight excluding hydrogens is 262 g/mol. The SMILES string of the molecule is CCc1cccc(NC(=O)c2ccc(Cl)cc2O)c1. The van der Waals surface area contributed by atoms with Gasteiger partial charge in [0.1, 0.15) is 5.75 Å². The van der Waals surface area contributed by atoms with Gasteiger partial charge in [-0.25, -0.2) is 0 Å². The van der Waals surface area contributed by atoms with Crippen LogP contribution < -0.4 is 5.32 Å². The third kappa shape index (κ3) is 3.26. The number of hydrogen-bond acceptors (Lipinski definition) is 2. The van der Waals surface area contributed by atoms with E-state index in [-0.39, 0.29) is 17.2 Å². The molecule has 2 N–H and O–H groups in total. The summed E-state index contributed by atoms with van der Waals surface area (Å²) < 4.78 is 0. The average molecular weight is 276 g/mol. The lowest BCUT2D eigenvalue weighted by molar-refractivity contribution is 0.102. The van der Waals surface area contributed by atoms with E-state index in [4.69, 9.17) is 11.6 Å². The molecule has 0 spiro atoms. The second kappa shape index (κ2) is 5.76. The minimum Gasteiger partial charge on any atom is -0.507 e. The summed E-state index contributed by atoms with van der Waals surface area (Å²) >= 11 is 5.73. The molecule has 0 saturated heterocycles. The maximum absolute atomic E-state index is 12.0. The zero-order valence-electron chi connectivity index (χ0n) is 10.5. The molecule has 0 aliphatic heterocycles. The first kappa shape index (κ1) is 13.4. The molecule has 4 heteroatoms. The van der Waals surface area contributed by atoms with E-state index in [9.17, 15) is 9.90 Å². The number of phenolic OH excluding ortho intramolecular Hbond substituents is 1. The Kier molecular flexibility index (Phi) is 4.07. The van der Waals surface area contributed by atoms with Crippen molar-refractivity contribution in [2.45, 2.75) is 13.3 Å². The van der Waals surface area contributed by atoms with E-state index in [1.807, 2.05) is 31.2 Å². The highest BCUT2D eigenvalue weighted by Crippen LogP contribution is 2.23. The van der Waals surface area contributed by atoms with Gasteiger partial charge in [0.05, 0.1) is 5.56 Å². The quantitative estimate of drug-likeness (QED) is 0.894. The molecule has 0 aliphatic rings. The predicted molar refractivity (Wildman–Crippen MR) is 76.9 cm³/mol. The first-order valence-electron chi connectivity index (χ1n) is 5.99. The number of phenols is 1. The van der Waals surface area contributed by atoms with Crippen LogP contribution in [0.25, 0.3) is 0 Å². The summed E-state index contributed by atoms with van der Waals surface area (Å²) in [6.07, 6.45) is 0.899. The molecule has 2 aromatic rings. The van der Waals surface area contributed by atoms with E-state index < -0.39 is 0 Å². The summed E-state index contributed by atoms with van der Waals surface area (Å²) in [6.45, 7) is 2.05. The Morgan fingerprint density at radius 3 is 2.74 bits per heavy atom. The second-order valence-electron chi connectivity index (χ2n) is 4.17. The van der Waals surface area contributed by atoms with Gasteiger partial charge >= 0.3 is 0 Å². The maximum Gasteiger partial charge on any atom is 0.259 e. The van der Waals surface area contributed by atoms with Crippen molar-refractivity contribution in [1.29, 1.82) is 0 Å². The normalized spacial score (nSPS) is 10.2. The molecule has 2 rings (SSSR count). The summed E-state index contributed by atoms with van der Waals surface area (Å²) in [5.74, 6) is -0.487. The Morgan fingerprint density at radius 2 is 2.05 bits per heavy atom. The topological polar surface area (TPSA) is 49.3 Å². The molecular formula is C15H14ClNO2. The number of carbonyl (C=O) groups excluding carboxylic acids is 1. The van der Waals surface area contributed by atoms with E-state index in [1.165, 1.54) is 12.1 Å². The number of carbonyl (C=O) groups is 1. The Labute approximate surface area is 116 Å². The van der Waals surface area contributed by atoms with E-state index in [1.54, 1.807) is 6.07 Å². The Bertz CT molecular complexity index is 611. The van der Waals surface area contributed by atoms with Gasteiger partial charge in [0.2, 0.25) is 0 Å². The zero-order chi connectivity index (χ0) is 13.8. The fourth-order valence-corrected chi connectivity index (χ4v) is 1.93. The molecule has 0 heterocycles. The lowest BCUT2D eigenvalue weighted by Gasteiger charge is -2.08. The highest BCUT2D eigenvalue weighted by atomic mass is 35.5. The Balaban J connectivity index is 2.20. The van der Waals surface area contributed by atoms with Crippen LogP contribution in [-0.4, -0.2) is 11.0 Å². The third-order valence-corrected chi connectivity index (χ3v) is 3.03. The molecule has 0 fully saturated rings. The molecule has 98 valence electrons. The molecule has 1 amide bonds. The Morgan fingerprint density at radius 1 is 1.26 bits per heavy atom. The van der Waals surface area contributed by atoms with Gasteiger partial charge in [0.25, 0.3) is 5.91 Å². The van der Waals surface area contributed by atoms with Crippen molar-refractivity contribution in [3.05, 3.63) is 58.6 Å². The standard InChI is InChI=1S/C15H14ClNO2/c1-2-10-4-3-5-12(8-10)17-15(19)13-7-6-11(16)9-14(13)18/h3-9,18H,2H2,1H3,(H,17,19). The summed E-state index contributed by atoms with van der Waals surface area (Å²) in [7, 11) is 0. The third-order valence-electron chi connectivity index (χ3n) is 2.80. The van der Waals surface area contributed by atoms with Crippen LogP contribution in [0.1, 0.15) is 22.8 Å². The molecule has 0 aliphatic carbocycles. The Hall–Kier alpha value is -2.00. The van der Waals surface area contributed by atoms with Crippen molar-refractivity contribution in [2.75, 3.05) is 5.32 Å². The lowest BCUT2D eigenvalue weighted by atomic mass is 10.1. The number of hydrogen-bond donors (Lipinski definition) is 2. The van der Waals surface area contributed by atoms with Crippen molar-refractivity contribution < 1.29 is 9.90 Å². The van der Waals surface area contributed by atoms with Crippen molar-refractivity contribution in [2.24, 2.45) is 0 Å². The fraction of sp³-hybridized carbons (Fsp3) is 0.133. The number of anilines is 1. The number of halogens is 1. The van der Waals surface area contributed by atoms with E-state index in [0.717, 1.165) is 12.0 Å². The van der Waals surface area contributed by atoms with Crippen LogP contribution in [0, 0.1) is 0 Å².